The predicted molar refractivity (Wildman–Crippen MR) is 113 cm³/mol. The first-order valence-corrected chi connectivity index (χ1v) is 10.5. The van der Waals surface area contributed by atoms with Gasteiger partial charge in [0.05, 0.1) is 24.1 Å². The summed E-state index contributed by atoms with van der Waals surface area (Å²) in [5.41, 5.74) is 7.74. The van der Waals surface area contributed by atoms with E-state index >= 15 is 0 Å². The molecule has 0 saturated carbocycles. The van der Waals surface area contributed by atoms with Gasteiger partial charge < -0.3 is 20.7 Å². The number of carbonyl (C=O) groups excluding carboxylic acids is 2. The van der Waals surface area contributed by atoms with Crippen LogP contribution in [0, 0.1) is 0 Å². The van der Waals surface area contributed by atoms with E-state index in [1.54, 1.807) is 18.2 Å². The molecule has 1 saturated heterocycles. The van der Waals surface area contributed by atoms with Gasteiger partial charge in [0.2, 0.25) is 0 Å². The molecule has 5 rings (SSSR count). The first-order valence-electron chi connectivity index (χ1n) is 10.5. The molecule has 0 aliphatic carbocycles. The summed E-state index contributed by atoms with van der Waals surface area (Å²) in [5.74, 6) is -1.08. The van der Waals surface area contributed by atoms with Gasteiger partial charge in [-0.2, -0.15) is 0 Å². The lowest BCUT2D eigenvalue weighted by atomic mass is 9.99. The SMILES string of the molecule is CCCc1cccc2c1C(=O)N(OC1C(O)[C@H](n3cnc4c(N)ncnc43)O[C@@H]1CO)C2=O. The van der Waals surface area contributed by atoms with Crippen molar-refractivity contribution in [3.63, 3.8) is 0 Å². The lowest BCUT2D eigenvalue weighted by Gasteiger charge is -2.23. The average Bonchev–Trinajstić information content (AvgIpc) is 3.45. The Morgan fingerprint density at radius 3 is 2.79 bits per heavy atom. The zero-order valence-corrected chi connectivity index (χ0v) is 17.7. The molecule has 1 aromatic carbocycles. The van der Waals surface area contributed by atoms with Crippen molar-refractivity contribution >= 4 is 28.8 Å². The summed E-state index contributed by atoms with van der Waals surface area (Å²) < 4.78 is 7.23. The Morgan fingerprint density at radius 1 is 1.21 bits per heavy atom. The minimum Gasteiger partial charge on any atom is -0.394 e. The number of anilines is 1. The minimum absolute atomic E-state index is 0.159. The van der Waals surface area contributed by atoms with Crippen molar-refractivity contribution in [2.24, 2.45) is 0 Å². The van der Waals surface area contributed by atoms with Gasteiger partial charge in [-0.25, -0.2) is 15.0 Å². The molecular formula is C21H22N6O6. The van der Waals surface area contributed by atoms with Gasteiger partial charge in [0.15, 0.2) is 17.7 Å². The zero-order valence-electron chi connectivity index (χ0n) is 17.7. The quantitative estimate of drug-likeness (QED) is 0.438. The molecule has 0 radical (unpaired) electrons. The molecule has 2 amide bonds. The van der Waals surface area contributed by atoms with E-state index in [0.29, 0.717) is 28.2 Å². The predicted octanol–water partition coefficient (Wildman–Crippen LogP) is 0.208. The van der Waals surface area contributed by atoms with Crippen molar-refractivity contribution < 1.29 is 29.4 Å². The van der Waals surface area contributed by atoms with E-state index < -0.39 is 43.0 Å². The number of aliphatic hydroxyl groups excluding tert-OH is 2. The third-order valence-corrected chi connectivity index (χ3v) is 5.86. The smallest absolute Gasteiger partial charge is 0.286 e. The molecule has 12 nitrogen and oxygen atoms in total. The number of ether oxygens (including phenoxy) is 1. The normalized spacial score (nSPS) is 24.8. The molecule has 0 bridgehead atoms. The number of hydrogen-bond acceptors (Lipinski definition) is 10. The maximum Gasteiger partial charge on any atom is 0.286 e. The molecule has 4 N–H and O–H groups in total. The van der Waals surface area contributed by atoms with Gasteiger partial charge in [-0.05, 0) is 18.1 Å². The average molecular weight is 454 g/mol. The number of imidazole rings is 1. The number of hydrogen-bond donors (Lipinski definition) is 3. The van der Waals surface area contributed by atoms with Crippen LogP contribution in [0.1, 0.15) is 45.9 Å². The summed E-state index contributed by atoms with van der Waals surface area (Å²) in [6.45, 7) is 1.46. The molecule has 1 fully saturated rings. The summed E-state index contributed by atoms with van der Waals surface area (Å²) >= 11 is 0. The Labute approximate surface area is 187 Å². The zero-order chi connectivity index (χ0) is 23.3. The molecule has 33 heavy (non-hydrogen) atoms. The van der Waals surface area contributed by atoms with Crippen LogP contribution in [0.3, 0.4) is 0 Å². The van der Waals surface area contributed by atoms with Crippen LogP contribution in [0.4, 0.5) is 5.82 Å². The number of rotatable bonds is 6. The van der Waals surface area contributed by atoms with Crippen molar-refractivity contribution in [3.05, 3.63) is 47.5 Å². The number of benzene rings is 1. The highest BCUT2D eigenvalue weighted by atomic mass is 16.7. The van der Waals surface area contributed by atoms with Gasteiger partial charge in [-0.3, -0.25) is 19.0 Å². The number of aliphatic hydroxyl groups is 2. The van der Waals surface area contributed by atoms with E-state index in [9.17, 15) is 19.8 Å². The van der Waals surface area contributed by atoms with E-state index in [-0.39, 0.29) is 11.4 Å². The van der Waals surface area contributed by atoms with Crippen molar-refractivity contribution in [1.82, 2.24) is 24.6 Å². The van der Waals surface area contributed by atoms with E-state index in [2.05, 4.69) is 15.0 Å². The van der Waals surface area contributed by atoms with Gasteiger partial charge in [-0.15, -0.1) is 5.06 Å². The first kappa shape index (κ1) is 21.4. The molecule has 2 aliphatic rings. The second kappa shape index (κ2) is 8.15. The Balaban J connectivity index is 1.44. The molecule has 4 atom stereocenters. The number of nitrogens with zero attached hydrogens (tertiary/aromatic N) is 5. The molecule has 2 aromatic heterocycles. The van der Waals surface area contributed by atoms with Crippen LogP contribution in [0.15, 0.2) is 30.9 Å². The third-order valence-electron chi connectivity index (χ3n) is 5.86. The highest BCUT2D eigenvalue weighted by Gasteiger charge is 2.50. The Bertz CT molecular complexity index is 1250. The van der Waals surface area contributed by atoms with Crippen LogP contribution >= 0.6 is 0 Å². The summed E-state index contributed by atoms with van der Waals surface area (Å²) in [4.78, 5) is 43.9. The van der Waals surface area contributed by atoms with Gasteiger partial charge >= 0.3 is 0 Å². The van der Waals surface area contributed by atoms with E-state index in [0.717, 1.165) is 12.0 Å². The number of aromatic nitrogens is 4. The van der Waals surface area contributed by atoms with Gasteiger partial charge in [0.25, 0.3) is 11.8 Å². The van der Waals surface area contributed by atoms with E-state index in [4.69, 9.17) is 15.3 Å². The first-order chi connectivity index (χ1) is 16.0. The second-order valence-electron chi connectivity index (χ2n) is 7.89. The molecular weight excluding hydrogens is 432 g/mol. The molecule has 4 heterocycles. The monoisotopic (exact) mass is 454 g/mol. The van der Waals surface area contributed by atoms with Crippen LogP contribution in [0.2, 0.25) is 0 Å². The molecule has 172 valence electrons. The van der Waals surface area contributed by atoms with Crippen LogP contribution in [0.5, 0.6) is 0 Å². The van der Waals surface area contributed by atoms with Crippen LogP contribution in [-0.4, -0.2) is 71.5 Å². The largest absolute Gasteiger partial charge is 0.394 e. The van der Waals surface area contributed by atoms with Crippen molar-refractivity contribution in [3.8, 4) is 0 Å². The molecule has 12 heteroatoms. The number of aryl methyl sites for hydroxylation is 1. The van der Waals surface area contributed by atoms with Crippen LogP contribution in [-0.2, 0) is 16.0 Å². The van der Waals surface area contributed by atoms with Crippen molar-refractivity contribution in [2.75, 3.05) is 12.3 Å². The summed E-state index contributed by atoms with van der Waals surface area (Å²) in [6, 6.07) is 5.08. The van der Waals surface area contributed by atoms with Crippen molar-refractivity contribution in [2.45, 2.75) is 44.3 Å². The molecule has 2 unspecified atom stereocenters. The standard InChI is InChI=1S/C21H22N6O6/c1-2-4-10-5-3-6-11-13(10)20(31)27(19(11)30)33-16-12(7-28)32-21(15(16)29)26-9-25-14-17(22)23-8-24-18(14)26/h3,5-6,8-9,12,15-16,21,28-29H,2,4,7H2,1H3,(H2,22,23,24)/t12-,15?,16?,21-/m1/s1. The van der Waals surface area contributed by atoms with Gasteiger partial charge in [-0.1, -0.05) is 25.5 Å². The molecule has 0 spiro atoms. The number of fused-ring (bicyclic) bond motifs is 2. The van der Waals surface area contributed by atoms with Gasteiger partial charge in [0, 0.05) is 0 Å². The Kier molecular flexibility index (Phi) is 5.29. The maximum absolute atomic E-state index is 13.1. The summed E-state index contributed by atoms with van der Waals surface area (Å²) in [7, 11) is 0. The fourth-order valence-corrected chi connectivity index (χ4v) is 4.31. The number of amides is 2. The molecule has 2 aliphatic heterocycles. The Morgan fingerprint density at radius 2 is 2.03 bits per heavy atom. The van der Waals surface area contributed by atoms with E-state index in [1.165, 1.54) is 17.2 Å². The maximum atomic E-state index is 13.1. The topological polar surface area (TPSA) is 166 Å². The van der Waals surface area contributed by atoms with Crippen molar-refractivity contribution in [1.29, 1.82) is 0 Å². The number of carbonyl (C=O) groups is 2. The van der Waals surface area contributed by atoms with E-state index in [1.807, 2.05) is 6.92 Å². The highest BCUT2D eigenvalue weighted by molar-refractivity contribution is 6.21. The number of nitrogen functional groups attached to an aromatic ring is 1. The van der Waals surface area contributed by atoms with Gasteiger partial charge in [0.1, 0.15) is 30.2 Å². The minimum atomic E-state index is -1.37. The fraction of sp³-hybridized carbons (Fsp3) is 0.381. The van der Waals surface area contributed by atoms with Crippen LogP contribution < -0.4 is 5.73 Å². The van der Waals surface area contributed by atoms with Crippen LogP contribution in [0.25, 0.3) is 11.2 Å². The lowest BCUT2D eigenvalue weighted by molar-refractivity contribution is -0.170. The fourth-order valence-electron chi connectivity index (χ4n) is 4.31. The number of nitrogens with two attached hydrogens (primary N) is 1. The second-order valence-corrected chi connectivity index (χ2v) is 7.89. The summed E-state index contributed by atoms with van der Waals surface area (Å²) in [6.07, 6.45) is -0.608. The highest BCUT2D eigenvalue weighted by Crippen LogP contribution is 2.36. The Hall–Kier alpha value is -3.45. The third kappa shape index (κ3) is 3.26. The molecule has 3 aromatic rings. The number of imide groups is 1. The summed E-state index contributed by atoms with van der Waals surface area (Å²) in [5, 5.41) is 21.5. The number of hydroxylamine groups is 2. The lowest BCUT2D eigenvalue weighted by Crippen LogP contribution is -2.44.